The third-order valence-electron chi connectivity index (χ3n) is 5.91. The Labute approximate surface area is 113 Å². The average molecular weight is 334 g/mol. The maximum atomic E-state index is 6.53. The number of fused-ring (bicyclic) bond motifs is 3. The van der Waals surface area contributed by atoms with Crippen LogP contribution in [-0.2, 0) is 4.74 Å². The van der Waals surface area contributed by atoms with Crippen LogP contribution >= 0.6 is 22.6 Å². The zero-order valence-electron chi connectivity index (χ0n) is 10.6. The van der Waals surface area contributed by atoms with E-state index in [0.717, 1.165) is 15.8 Å². The second-order valence-electron chi connectivity index (χ2n) is 6.71. The van der Waals surface area contributed by atoms with Gasteiger partial charge in [0.25, 0.3) is 0 Å². The molecule has 0 spiro atoms. The Bertz CT molecular complexity index is 305. The number of halogens is 1. The van der Waals surface area contributed by atoms with Crippen molar-refractivity contribution in [3.8, 4) is 0 Å². The molecule has 92 valence electrons. The largest absolute Gasteiger partial charge is 0.370 e. The molecule has 0 aromatic carbocycles. The number of alkyl halides is 1. The summed E-state index contributed by atoms with van der Waals surface area (Å²) in [6.45, 7) is 7.32. The first kappa shape index (κ1) is 11.8. The van der Waals surface area contributed by atoms with E-state index in [2.05, 4.69) is 43.4 Å². The lowest BCUT2D eigenvalue weighted by atomic mass is 9.63. The summed E-state index contributed by atoms with van der Waals surface area (Å²) in [6, 6.07) is 0. The van der Waals surface area contributed by atoms with Crippen LogP contribution < -0.4 is 0 Å². The first-order valence-corrected chi connectivity index (χ1v) is 8.04. The summed E-state index contributed by atoms with van der Waals surface area (Å²) in [6.07, 6.45) is 7.39. The van der Waals surface area contributed by atoms with Gasteiger partial charge < -0.3 is 4.74 Å². The number of ether oxygens (including phenoxy) is 1. The molecule has 0 N–H and O–H groups in total. The van der Waals surface area contributed by atoms with E-state index in [1.165, 1.54) is 32.1 Å². The molecule has 3 aliphatic rings. The molecule has 0 bridgehead atoms. The van der Waals surface area contributed by atoms with Gasteiger partial charge >= 0.3 is 0 Å². The normalized spacial score (nSPS) is 60.8. The minimum Gasteiger partial charge on any atom is -0.370 e. The molecule has 1 heterocycles. The molecule has 0 radical (unpaired) electrons. The van der Waals surface area contributed by atoms with Crippen LogP contribution in [0.1, 0.15) is 52.9 Å². The monoisotopic (exact) mass is 334 g/mol. The van der Waals surface area contributed by atoms with Gasteiger partial charge in [-0.3, -0.25) is 0 Å². The van der Waals surface area contributed by atoms with Crippen molar-refractivity contribution in [3.63, 3.8) is 0 Å². The fourth-order valence-electron chi connectivity index (χ4n) is 4.55. The summed E-state index contributed by atoms with van der Waals surface area (Å²) in [5.74, 6) is 1.75. The predicted molar refractivity (Wildman–Crippen MR) is 74.9 cm³/mol. The van der Waals surface area contributed by atoms with Crippen LogP contribution in [0.3, 0.4) is 0 Å². The Morgan fingerprint density at radius 2 is 1.94 bits per heavy atom. The molecular weight excluding hydrogens is 311 g/mol. The summed E-state index contributed by atoms with van der Waals surface area (Å²) in [4.78, 5) is 0. The van der Waals surface area contributed by atoms with Crippen molar-refractivity contribution < 1.29 is 4.74 Å². The lowest BCUT2D eigenvalue weighted by Gasteiger charge is -2.40. The number of hydrogen-bond acceptors (Lipinski definition) is 1. The van der Waals surface area contributed by atoms with E-state index >= 15 is 0 Å². The molecule has 1 aliphatic heterocycles. The van der Waals surface area contributed by atoms with E-state index < -0.39 is 0 Å². The molecule has 0 aromatic rings. The van der Waals surface area contributed by atoms with E-state index in [4.69, 9.17) is 4.74 Å². The van der Waals surface area contributed by atoms with E-state index in [9.17, 15) is 0 Å². The molecule has 1 nitrogen and oxygen atoms in total. The van der Waals surface area contributed by atoms with Crippen LogP contribution in [0.15, 0.2) is 0 Å². The number of hydrogen-bond donors (Lipinski definition) is 0. The minimum atomic E-state index is 0.160. The molecule has 2 aliphatic carbocycles. The molecule has 0 amide bonds. The SMILES string of the molecule is C[C@@H]1CC[C@@H]2O[C@@]3(C)[C@@H](I)CC[C@@]3(C)[C@@H]2C1. The van der Waals surface area contributed by atoms with Gasteiger partial charge in [0.1, 0.15) is 0 Å². The summed E-state index contributed by atoms with van der Waals surface area (Å²) in [5.41, 5.74) is 0.616. The molecule has 2 heteroatoms. The first-order chi connectivity index (χ1) is 7.47. The van der Waals surface area contributed by atoms with Crippen LogP contribution in [0, 0.1) is 17.3 Å². The topological polar surface area (TPSA) is 9.23 Å². The second-order valence-corrected chi connectivity index (χ2v) is 8.22. The van der Waals surface area contributed by atoms with Gasteiger partial charge in [-0.05, 0) is 50.9 Å². The molecule has 1 saturated heterocycles. The fraction of sp³-hybridized carbons (Fsp3) is 1.00. The molecule has 2 saturated carbocycles. The Morgan fingerprint density at radius 1 is 1.19 bits per heavy atom. The lowest BCUT2D eigenvalue weighted by molar-refractivity contribution is -0.0543. The third kappa shape index (κ3) is 1.32. The van der Waals surface area contributed by atoms with Crippen molar-refractivity contribution in [1.82, 2.24) is 0 Å². The van der Waals surface area contributed by atoms with Crippen LogP contribution in [-0.4, -0.2) is 15.6 Å². The molecule has 16 heavy (non-hydrogen) atoms. The van der Waals surface area contributed by atoms with Gasteiger partial charge in [0, 0.05) is 9.34 Å². The highest BCUT2D eigenvalue weighted by Crippen LogP contribution is 2.64. The van der Waals surface area contributed by atoms with E-state index in [1.54, 1.807) is 0 Å². The average Bonchev–Trinajstić information content (AvgIpc) is 2.59. The second kappa shape index (κ2) is 3.59. The molecule has 3 fully saturated rings. The van der Waals surface area contributed by atoms with Gasteiger partial charge in [-0.1, -0.05) is 36.4 Å². The van der Waals surface area contributed by atoms with E-state index in [0.29, 0.717) is 11.5 Å². The van der Waals surface area contributed by atoms with Gasteiger partial charge in [0.15, 0.2) is 0 Å². The summed E-state index contributed by atoms with van der Waals surface area (Å²) in [5, 5.41) is 0. The Hall–Kier alpha value is 0.690. The van der Waals surface area contributed by atoms with Gasteiger partial charge in [0.05, 0.1) is 11.7 Å². The van der Waals surface area contributed by atoms with Gasteiger partial charge in [-0.15, -0.1) is 0 Å². The van der Waals surface area contributed by atoms with Gasteiger partial charge in [-0.25, -0.2) is 0 Å². The molecule has 0 aromatic heterocycles. The quantitative estimate of drug-likeness (QED) is 0.477. The predicted octanol–water partition coefficient (Wildman–Crippen LogP) is 4.18. The molecule has 0 unspecified atom stereocenters. The van der Waals surface area contributed by atoms with Crippen molar-refractivity contribution in [1.29, 1.82) is 0 Å². The fourth-order valence-corrected chi connectivity index (χ4v) is 5.72. The zero-order valence-corrected chi connectivity index (χ0v) is 12.8. The van der Waals surface area contributed by atoms with Crippen molar-refractivity contribution in [2.24, 2.45) is 17.3 Å². The maximum absolute atomic E-state index is 6.53. The van der Waals surface area contributed by atoms with E-state index in [1.807, 2.05) is 0 Å². The highest BCUT2D eigenvalue weighted by molar-refractivity contribution is 14.1. The van der Waals surface area contributed by atoms with Crippen LogP contribution in [0.25, 0.3) is 0 Å². The number of rotatable bonds is 0. The lowest BCUT2D eigenvalue weighted by Crippen LogP contribution is -2.43. The Morgan fingerprint density at radius 3 is 2.69 bits per heavy atom. The Balaban J connectivity index is 1.95. The molecule has 6 atom stereocenters. The Kier molecular flexibility index (Phi) is 2.64. The van der Waals surface area contributed by atoms with Crippen molar-refractivity contribution in [2.45, 2.75) is 68.5 Å². The molecular formula is C14H23IO. The first-order valence-electron chi connectivity index (χ1n) is 6.79. The summed E-state index contributed by atoms with van der Waals surface area (Å²) >= 11 is 2.63. The van der Waals surface area contributed by atoms with Crippen molar-refractivity contribution >= 4 is 22.6 Å². The third-order valence-corrected chi connectivity index (χ3v) is 7.72. The molecule has 3 rings (SSSR count). The highest BCUT2D eigenvalue weighted by atomic mass is 127. The highest BCUT2D eigenvalue weighted by Gasteiger charge is 2.65. The van der Waals surface area contributed by atoms with Gasteiger partial charge in [-0.2, -0.15) is 0 Å². The van der Waals surface area contributed by atoms with Crippen LogP contribution in [0.5, 0.6) is 0 Å². The van der Waals surface area contributed by atoms with E-state index in [-0.39, 0.29) is 5.60 Å². The van der Waals surface area contributed by atoms with Crippen molar-refractivity contribution in [2.75, 3.05) is 0 Å². The van der Waals surface area contributed by atoms with Crippen molar-refractivity contribution in [3.05, 3.63) is 0 Å². The van der Waals surface area contributed by atoms with Gasteiger partial charge in [0.2, 0.25) is 0 Å². The van der Waals surface area contributed by atoms with Crippen LogP contribution in [0.4, 0.5) is 0 Å². The minimum absolute atomic E-state index is 0.160. The summed E-state index contributed by atoms with van der Waals surface area (Å²) in [7, 11) is 0. The smallest absolute Gasteiger partial charge is 0.0832 e. The van der Waals surface area contributed by atoms with Crippen LogP contribution in [0.2, 0.25) is 0 Å². The zero-order chi connectivity index (χ0) is 11.6. The standard InChI is InChI=1S/C14H23IO/c1-9-4-5-11-10(8-9)13(2)7-6-12(15)14(13,3)16-11/h9-12H,4-8H2,1-3H3/t9-,10-,11+,12+,13+,14+/m1/s1. The summed E-state index contributed by atoms with van der Waals surface area (Å²) < 4.78 is 7.25. The maximum Gasteiger partial charge on any atom is 0.0832 e.